The van der Waals surface area contributed by atoms with Gasteiger partial charge in [0.15, 0.2) is 5.58 Å². The van der Waals surface area contributed by atoms with E-state index in [0.29, 0.717) is 5.69 Å². The first-order chi connectivity index (χ1) is 9.74. The Morgan fingerprint density at radius 2 is 1.95 bits per heavy atom. The lowest BCUT2D eigenvalue weighted by molar-refractivity contribution is 0.103. The van der Waals surface area contributed by atoms with Gasteiger partial charge in [0.1, 0.15) is 5.52 Å². The van der Waals surface area contributed by atoms with Crippen molar-refractivity contribution in [3.8, 4) is 0 Å². The maximum Gasteiger partial charge on any atom is 0.209 e. The predicted molar refractivity (Wildman–Crippen MR) is 77.2 cm³/mol. The predicted octanol–water partition coefficient (Wildman–Crippen LogP) is 0.520. The van der Waals surface area contributed by atoms with E-state index >= 15 is 0 Å². The lowest BCUT2D eigenvalue weighted by Crippen LogP contribution is -2.46. The molecule has 1 aromatic carbocycles. The molecule has 0 unspecified atom stereocenters. The second-order valence-corrected chi connectivity index (χ2v) is 5.18. The Morgan fingerprint density at radius 1 is 1.20 bits per heavy atom. The molecular weight excluding hydrogens is 256 g/mol. The summed E-state index contributed by atoms with van der Waals surface area (Å²) >= 11 is 0. The van der Waals surface area contributed by atoms with Crippen molar-refractivity contribution < 1.29 is 9.52 Å². The summed E-state index contributed by atoms with van der Waals surface area (Å²) in [7, 11) is 0. The Kier molecular flexibility index (Phi) is 3.86. The van der Waals surface area contributed by atoms with Gasteiger partial charge in [-0.2, -0.15) is 0 Å². The fourth-order valence-electron chi connectivity index (χ4n) is 2.56. The van der Waals surface area contributed by atoms with Gasteiger partial charge in [0, 0.05) is 38.4 Å². The zero-order valence-electron chi connectivity index (χ0n) is 11.5. The number of rotatable bonds is 4. The number of nitrogen functional groups attached to an aromatic ring is 1. The fourth-order valence-corrected chi connectivity index (χ4v) is 2.56. The zero-order valence-corrected chi connectivity index (χ0v) is 11.5. The summed E-state index contributed by atoms with van der Waals surface area (Å²) in [5.74, 6) is 0.737. The van der Waals surface area contributed by atoms with Crippen molar-refractivity contribution in [2.75, 3.05) is 45.1 Å². The van der Waals surface area contributed by atoms with Crippen molar-refractivity contribution in [1.82, 2.24) is 14.8 Å². The van der Waals surface area contributed by atoms with E-state index in [1.807, 2.05) is 18.2 Å². The van der Waals surface area contributed by atoms with Crippen molar-refractivity contribution in [1.29, 1.82) is 0 Å². The van der Waals surface area contributed by atoms with Gasteiger partial charge in [-0.3, -0.25) is 9.80 Å². The topological polar surface area (TPSA) is 78.8 Å². The van der Waals surface area contributed by atoms with E-state index < -0.39 is 0 Å². The van der Waals surface area contributed by atoms with E-state index in [-0.39, 0.29) is 6.61 Å². The number of hydrogen-bond donors (Lipinski definition) is 2. The molecule has 108 valence electrons. The summed E-state index contributed by atoms with van der Waals surface area (Å²) in [4.78, 5) is 9.07. The Balaban J connectivity index is 1.62. The van der Waals surface area contributed by atoms with Crippen LogP contribution < -0.4 is 5.73 Å². The molecule has 0 amide bonds. The average molecular weight is 276 g/mol. The number of nitrogens with two attached hydrogens (primary N) is 1. The monoisotopic (exact) mass is 276 g/mol. The third-order valence-electron chi connectivity index (χ3n) is 3.70. The van der Waals surface area contributed by atoms with Crippen molar-refractivity contribution in [3.05, 3.63) is 24.1 Å². The number of piperazine rings is 1. The molecule has 20 heavy (non-hydrogen) atoms. The molecular formula is C14H20N4O2. The molecule has 6 heteroatoms. The molecule has 3 N–H and O–H groups in total. The molecule has 0 radical (unpaired) electrons. The standard InChI is InChI=1S/C14H20N4O2/c15-11-1-2-13-12(9-11)16-14(20-13)10-18-5-3-17(4-6-18)7-8-19/h1-2,9,19H,3-8,10,15H2. The summed E-state index contributed by atoms with van der Waals surface area (Å²) in [5.41, 5.74) is 8.05. The van der Waals surface area contributed by atoms with Crippen LogP contribution in [0, 0.1) is 0 Å². The molecule has 2 heterocycles. The maximum absolute atomic E-state index is 8.93. The van der Waals surface area contributed by atoms with Crippen molar-refractivity contribution in [2.24, 2.45) is 0 Å². The summed E-state index contributed by atoms with van der Waals surface area (Å²) in [5, 5.41) is 8.93. The number of β-amino-alcohol motifs (C(OH)–C–C–N with tert-alkyl or cyclic N) is 1. The number of nitrogens with zero attached hydrogens (tertiary/aromatic N) is 3. The second-order valence-electron chi connectivity index (χ2n) is 5.18. The first kappa shape index (κ1) is 13.4. The molecule has 0 atom stereocenters. The van der Waals surface area contributed by atoms with Gasteiger partial charge in [0.25, 0.3) is 0 Å². The van der Waals surface area contributed by atoms with Gasteiger partial charge in [0.05, 0.1) is 13.2 Å². The van der Waals surface area contributed by atoms with Gasteiger partial charge in [0.2, 0.25) is 5.89 Å². The Bertz CT molecular complexity index is 576. The Hall–Kier alpha value is -1.63. The molecule has 2 aromatic rings. The van der Waals surface area contributed by atoms with Crippen molar-refractivity contribution in [2.45, 2.75) is 6.54 Å². The highest BCUT2D eigenvalue weighted by molar-refractivity contribution is 5.76. The third-order valence-corrected chi connectivity index (χ3v) is 3.70. The van der Waals surface area contributed by atoms with Crippen LogP contribution >= 0.6 is 0 Å². The minimum Gasteiger partial charge on any atom is -0.439 e. The zero-order chi connectivity index (χ0) is 13.9. The molecule has 0 aliphatic carbocycles. The number of oxazole rings is 1. The van der Waals surface area contributed by atoms with E-state index in [2.05, 4.69) is 14.8 Å². The normalized spacial score (nSPS) is 17.9. The smallest absolute Gasteiger partial charge is 0.209 e. The van der Waals surface area contributed by atoms with Gasteiger partial charge in [-0.05, 0) is 18.2 Å². The van der Waals surface area contributed by atoms with Gasteiger partial charge >= 0.3 is 0 Å². The van der Waals surface area contributed by atoms with Gasteiger partial charge in [-0.15, -0.1) is 0 Å². The number of hydrogen-bond acceptors (Lipinski definition) is 6. The Labute approximate surface area is 117 Å². The molecule has 1 aliphatic heterocycles. The minimum absolute atomic E-state index is 0.229. The van der Waals surface area contributed by atoms with Gasteiger partial charge in [-0.25, -0.2) is 4.98 Å². The van der Waals surface area contributed by atoms with Crippen LogP contribution in [0.15, 0.2) is 22.6 Å². The first-order valence-corrected chi connectivity index (χ1v) is 6.95. The fraction of sp³-hybridized carbons (Fsp3) is 0.500. The van der Waals surface area contributed by atoms with Crippen LogP contribution in [0.1, 0.15) is 5.89 Å². The quantitative estimate of drug-likeness (QED) is 0.793. The summed E-state index contributed by atoms with van der Waals surface area (Å²) in [6.07, 6.45) is 0. The first-order valence-electron chi connectivity index (χ1n) is 6.95. The summed E-state index contributed by atoms with van der Waals surface area (Å²) in [6.45, 7) is 5.62. The number of aromatic nitrogens is 1. The highest BCUT2D eigenvalue weighted by Crippen LogP contribution is 2.19. The van der Waals surface area contributed by atoms with Crippen LogP contribution in [0.25, 0.3) is 11.1 Å². The summed E-state index contributed by atoms with van der Waals surface area (Å²) in [6, 6.07) is 5.52. The van der Waals surface area contributed by atoms with E-state index in [0.717, 1.165) is 56.3 Å². The highest BCUT2D eigenvalue weighted by atomic mass is 16.3. The number of anilines is 1. The van der Waals surface area contributed by atoms with Crippen LogP contribution in [0.4, 0.5) is 5.69 Å². The van der Waals surface area contributed by atoms with E-state index in [1.165, 1.54) is 0 Å². The minimum atomic E-state index is 0.229. The number of aliphatic hydroxyl groups excluding tert-OH is 1. The molecule has 6 nitrogen and oxygen atoms in total. The van der Waals surface area contributed by atoms with Crippen LogP contribution in [0.2, 0.25) is 0 Å². The number of aliphatic hydroxyl groups is 1. The Morgan fingerprint density at radius 3 is 2.70 bits per heavy atom. The lowest BCUT2D eigenvalue weighted by Gasteiger charge is -2.33. The third kappa shape index (κ3) is 2.92. The average Bonchev–Trinajstić information content (AvgIpc) is 2.82. The number of benzene rings is 1. The molecule has 0 spiro atoms. The van der Waals surface area contributed by atoms with Crippen LogP contribution in [0.3, 0.4) is 0 Å². The van der Waals surface area contributed by atoms with E-state index in [4.69, 9.17) is 15.3 Å². The number of fused-ring (bicyclic) bond motifs is 1. The molecule has 1 fully saturated rings. The SMILES string of the molecule is Nc1ccc2oc(CN3CCN(CCO)CC3)nc2c1. The maximum atomic E-state index is 8.93. The van der Waals surface area contributed by atoms with Crippen LogP contribution in [0.5, 0.6) is 0 Å². The molecule has 1 aliphatic rings. The van der Waals surface area contributed by atoms with Crippen LogP contribution in [-0.2, 0) is 6.54 Å². The van der Waals surface area contributed by atoms with Gasteiger partial charge in [-0.1, -0.05) is 0 Å². The molecule has 1 aromatic heterocycles. The lowest BCUT2D eigenvalue weighted by atomic mass is 10.3. The van der Waals surface area contributed by atoms with Crippen LogP contribution in [-0.4, -0.2) is 59.2 Å². The second kappa shape index (κ2) is 5.78. The molecule has 1 saturated heterocycles. The van der Waals surface area contributed by atoms with E-state index in [1.54, 1.807) is 0 Å². The van der Waals surface area contributed by atoms with Gasteiger partial charge < -0.3 is 15.3 Å². The largest absolute Gasteiger partial charge is 0.439 e. The molecule has 0 bridgehead atoms. The van der Waals surface area contributed by atoms with Crippen molar-refractivity contribution >= 4 is 16.8 Å². The van der Waals surface area contributed by atoms with Crippen molar-refractivity contribution in [3.63, 3.8) is 0 Å². The van der Waals surface area contributed by atoms with E-state index in [9.17, 15) is 0 Å². The molecule has 3 rings (SSSR count). The highest BCUT2D eigenvalue weighted by Gasteiger charge is 2.18. The molecule has 0 saturated carbocycles. The summed E-state index contributed by atoms with van der Waals surface area (Å²) < 4.78 is 5.74.